The average molecular weight is 340 g/mol. The van der Waals surface area contributed by atoms with E-state index < -0.39 is 0 Å². The number of aliphatic hydroxyl groups is 1. The summed E-state index contributed by atoms with van der Waals surface area (Å²) in [7, 11) is 3.76. The van der Waals surface area contributed by atoms with Crippen molar-refractivity contribution in [2.45, 2.75) is 26.6 Å². The Morgan fingerprint density at radius 1 is 1.20 bits per heavy atom. The maximum atomic E-state index is 9.05. The molecule has 0 amide bonds. The van der Waals surface area contributed by atoms with Crippen LogP contribution in [-0.4, -0.2) is 45.5 Å². The first kappa shape index (κ1) is 17.4. The lowest BCUT2D eigenvalue weighted by Crippen LogP contribution is -2.17. The van der Waals surface area contributed by atoms with E-state index >= 15 is 0 Å². The summed E-state index contributed by atoms with van der Waals surface area (Å²) < 4.78 is 7.21. The van der Waals surface area contributed by atoms with Crippen molar-refractivity contribution in [2.24, 2.45) is 0 Å². The van der Waals surface area contributed by atoms with Gasteiger partial charge in [-0.1, -0.05) is 12.1 Å². The molecule has 25 heavy (non-hydrogen) atoms. The molecule has 0 aliphatic carbocycles. The van der Waals surface area contributed by atoms with Gasteiger partial charge < -0.3 is 9.84 Å². The maximum absolute atomic E-state index is 9.05. The summed E-state index contributed by atoms with van der Waals surface area (Å²) in [6.07, 6.45) is 3.80. The number of pyridine rings is 1. The first-order valence-electron chi connectivity index (χ1n) is 8.35. The van der Waals surface area contributed by atoms with Crippen LogP contribution in [0.25, 0.3) is 10.9 Å². The molecule has 1 N–H and O–H groups in total. The molecule has 0 bridgehead atoms. The minimum absolute atomic E-state index is 0.0984. The van der Waals surface area contributed by atoms with Crippen molar-refractivity contribution in [3.63, 3.8) is 0 Å². The Morgan fingerprint density at radius 2 is 2.00 bits per heavy atom. The van der Waals surface area contributed by atoms with E-state index in [1.165, 1.54) is 11.1 Å². The van der Waals surface area contributed by atoms with E-state index in [2.05, 4.69) is 34.2 Å². The fraction of sp³-hybridized carbons (Fsp3) is 0.368. The molecule has 0 fully saturated rings. The highest BCUT2D eigenvalue weighted by molar-refractivity contribution is 5.87. The Morgan fingerprint density at radius 3 is 2.76 bits per heavy atom. The lowest BCUT2D eigenvalue weighted by Gasteiger charge is -2.18. The second kappa shape index (κ2) is 7.63. The zero-order valence-corrected chi connectivity index (χ0v) is 14.9. The molecule has 6 heteroatoms. The van der Waals surface area contributed by atoms with E-state index in [-0.39, 0.29) is 6.61 Å². The molecule has 0 aliphatic heterocycles. The minimum Gasteiger partial charge on any atom is -0.494 e. The highest BCUT2D eigenvalue weighted by Crippen LogP contribution is 2.27. The van der Waals surface area contributed by atoms with Crippen molar-refractivity contribution in [1.82, 2.24) is 19.7 Å². The molecule has 0 aliphatic rings. The molecule has 3 rings (SSSR count). The molecule has 2 aromatic heterocycles. The van der Waals surface area contributed by atoms with Crippen molar-refractivity contribution in [3.8, 4) is 5.75 Å². The van der Waals surface area contributed by atoms with Gasteiger partial charge in [-0.25, -0.2) is 0 Å². The van der Waals surface area contributed by atoms with Crippen LogP contribution in [-0.2, 0) is 19.6 Å². The van der Waals surface area contributed by atoms with E-state index in [0.29, 0.717) is 6.54 Å². The third kappa shape index (κ3) is 3.81. The summed E-state index contributed by atoms with van der Waals surface area (Å²) in [5, 5.41) is 14.6. The number of rotatable bonds is 7. The molecule has 3 aromatic rings. The highest BCUT2D eigenvalue weighted by Gasteiger charge is 2.12. The first-order valence-corrected chi connectivity index (χ1v) is 8.35. The van der Waals surface area contributed by atoms with Crippen LogP contribution in [0.2, 0.25) is 0 Å². The minimum atomic E-state index is 0.0984. The van der Waals surface area contributed by atoms with Crippen LogP contribution < -0.4 is 4.74 Å². The zero-order valence-electron chi connectivity index (χ0n) is 14.9. The molecule has 6 nitrogen and oxygen atoms in total. The van der Waals surface area contributed by atoms with E-state index in [4.69, 9.17) is 9.84 Å². The van der Waals surface area contributed by atoms with Crippen LogP contribution in [0.1, 0.15) is 16.8 Å². The van der Waals surface area contributed by atoms with Crippen LogP contribution in [0.4, 0.5) is 0 Å². The molecule has 0 unspecified atom stereocenters. The van der Waals surface area contributed by atoms with E-state index in [9.17, 15) is 0 Å². The third-order valence-corrected chi connectivity index (χ3v) is 4.30. The largest absolute Gasteiger partial charge is 0.494 e. The Kier molecular flexibility index (Phi) is 5.31. The average Bonchev–Trinajstić information content (AvgIpc) is 2.94. The number of ether oxygens (including phenoxy) is 1. The van der Waals surface area contributed by atoms with Crippen molar-refractivity contribution < 1.29 is 9.84 Å². The molecule has 0 radical (unpaired) electrons. The quantitative estimate of drug-likeness (QED) is 0.715. The lowest BCUT2D eigenvalue weighted by molar-refractivity contribution is 0.269. The summed E-state index contributed by atoms with van der Waals surface area (Å²) >= 11 is 0. The van der Waals surface area contributed by atoms with E-state index in [0.717, 1.165) is 35.4 Å². The molecule has 132 valence electrons. The second-order valence-corrected chi connectivity index (χ2v) is 6.23. The Hall–Kier alpha value is -2.44. The van der Waals surface area contributed by atoms with E-state index in [1.54, 1.807) is 18.0 Å². The van der Waals surface area contributed by atoms with Gasteiger partial charge in [0.2, 0.25) is 0 Å². The van der Waals surface area contributed by atoms with Crippen LogP contribution in [0.15, 0.2) is 36.7 Å². The summed E-state index contributed by atoms with van der Waals surface area (Å²) in [4.78, 5) is 6.71. The van der Waals surface area contributed by atoms with Gasteiger partial charge in [0.15, 0.2) is 0 Å². The zero-order chi connectivity index (χ0) is 17.8. The van der Waals surface area contributed by atoms with Gasteiger partial charge in [0.1, 0.15) is 11.3 Å². The number of hydrogen-bond acceptors (Lipinski definition) is 5. The number of hydrogen-bond donors (Lipinski definition) is 1. The summed E-state index contributed by atoms with van der Waals surface area (Å²) in [6, 6.07) is 8.11. The number of nitrogens with zero attached hydrogens (tertiary/aromatic N) is 4. The van der Waals surface area contributed by atoms with Gasteiger partial charge in [0.05, 0.1) is 26.0 Å². The van der Waals surface area contributed by atoms with Crippen LogP contribution in [0.3, 0.4) is 0 Å². The number of fused-ring (bicyclic) bond motifs is 1. The smallest absolute Gasteiger partial charge is 0.145 e. The van der Waals surface area contributed by atoms with Crippen molar-refractivity contribution in [3.05, 3.63) is 53.5 Å². The van der Waals surface area contributed by atoms with Crippen LogP contribution in [0, 0.1) is 6.92 Å². The first-order chi connectivity index (χ1) is 12.1. The maximum Gasteiger partial charge on any atom is 0.145 e. The number of aliphatic hydroxyl groups excluding tert-OH is 1. The van der Waals surface area contributed by atoms with Crippen LogP contribution >= 0.6 is 0 Å². The van der Waals surface area contributed by atoms with Gasteiger partial charge in [-0.2, -0.15) is 5.10 Å². The molecular formula is C19H24N4O2. The number of aromatic nitrogens is 3. The van der Waals surface area contributed by atoms with Crippen molar-refractivity contribution in [1.29, 1.82) is 0 Å². The Bertz CT molecular complexity index is 860. The molecule has 0 spiro atoms. The van der Waals surface area contributed by atoms with Crippen molar-refractivity contribution >= 4 is 10.9 Å². The van der Waals surface area contributed by atoms with Gasteiger partial charge in [-0.15, -0.1) is 0 Å². The van der Waals surface area contributed by atoms with Gasteiger partial charge in [0, 0.05) is 36.4 Å². The fourth-order valence-corrected chi connectivity index (χ4v) is 3.08. The SMILES string of the molecule is COc1ccc(CN(C)Cc2cn(CCO)nc2C)c2cccnc12. The topological polar surface area (TPSA) is 63.4 Å². The molecular weight excluding hydrogens is 316 g/mol. The molecule has 0 saturated heterocycles. The monoisotopic (exact) mass is 340 g/mol. The van der Waals surface area contributed by atoms with Gasteiger partial charge >= 0.3 is 0 Å². The van der Waals surface area contributed by atoms with Crippen LogP contribution in [0.5, 0.6) is 5.75 Å². The molecule has 0 atom stereocenters. The van der Waals surface area contributed by atoms with E-state index in [1.807, 2.05) is 25.3 Å². The number of aryl methyl sites for hydroxylation is 1. The van der Waals surface area contributed by atoms with Gasteiger partial charge in [-0.3, -0.25) is 14.6 Å². The third-order valence-electron chi connectivity index (χ3n) is 4.30. The fourth-order valence-electron chi connectivity index (χ4n) is 3.08. The number of benzene rings is 1. The van der Waals surface area contributed by atoms with Crippen molar-refractivity contribution in [2.75, 3.05) is 20.8 Å². The standard InChI is InChI=1S/C19H24N4O2/c1-14-16(13-23(21-14)9-10-24)12-22(2)11-15-6-7-18(25-3)19-17(15)5-4-8-20-19/h4-8,13,24H,9-12H2,1-3H3. The Labute approximate surface area is 147 Å². The molecule has 1 aromatic carbocycles. The molecule has 2 heterocycles. The lowest BCUT2D eigenvalue weighted by atomic mass is 10.1. The summed E-state index contributed by atoms with van der Waals surface area (Å²) in [5.74, 6) is 0.795. The molecule has 0 saturated carbocycles. The highest BCUT2D eigenvalue weighted by atomic mass is 16.5. The normalized spacial score (nSPS) is 11.4. The summed E-state index contributed by atoms with van der Waals surface area (Å²) in [6.45, 7) is 4.23. The van der Waals surface area contributed by atoms with Gasteiger partial charge in [-0.05, 0) is 31.7 Å². The number of methoxy groups -OCH3 is 1. The predicted octanol–water partition coefficient (Wildman–Crippen LogP) is 2.37. The predicted molar refractivity (Wildman–Crippen MR) is 97.5 cm³/mol. The van der Waals surface area contributed by atoms with Gasteiger partial charge in [0.25, 0.3) is 0 Å². The Balaban J connectivity index is 1.79. The second-order valence-electron chi connectivity index (χ2n) is 6.23. The summed E-state index contributed by atoms with van der Waals surface area (Å²) in [5.41, 5.74) is 4.28.